The Morgan fingerprint density at radius 3 is 2.18 bits per heavy atom. The van der Waals surface area contributed by atoms with E-state index in [0.29, 0.717) is 12.1 Å². The Hall–Kier alpha value is -2.13. The molecule has 0 unspecified atom stereocenters. The van der Waals surface area contributed by atoms with Gasteiger partial charge in [-0.3, -0.25) is 0 Å². The number of hydroxylamine groups is 1. The molecule has 0 spiro atoms. The summed E-state index contributed by atoms with van der Waals surface area (Å²) in [6.45, 7) is 0.499. The lowest BCUT2D eigenvalue weighted by molar-refractivity contribution is 0.0237. The minimum atomic E-state index is -0.374. The van der Waals surface area contributed by atoms with E-state index in [-0.39, 0.29) is 5.97 Å². The van der Waals surface area contributed by atoms with Crippen molar-refractivity contribution in [2.24, 2.45) is 0 Å². The molecular weight excluding hydrogens is 214 g/mol. The molecule has 0 aliphatic rings. The third-order valence-corrected chi connectivity index (χ3v) is 2.29. The molecular formula is C14H13NO2+. The van der Waals surface area contributed by atoms with Gasteiger partial charge in [0.2, 0.25) is 0 Å². The number of hydrogen-bond donors (Lipinski definition) is 1. The smallest absolute Gasteiger partial charge is 0.195 e. The molecule has 2 aromatic carbocycles. The molecule has 0 heterocycles. The average molecular weight is 227 g/mol. The van der Waals surface area contributed by atoms with E-state index < -0.39 is 0 Å². The van der Waals surface area contributed by atoms with Gasteiger partial charge in [-0.25, -0.2) is 0 Å². The first-order valence-electron chi connectivity index (χ1n) is 5.39. The Kier molecular flexibility index (Phi) is 3.89. The zero-order valence-corrected chi connectivity index (χ0v) is 9.30. The standard InChI is InChI=1S/C14H13NO2/c16-14(13-9-5-2-6-10-13)17-15-11-12-7-3-1-4-8-12/h1-10,15H,11H2/q+1. The number of carbonyl (C=O) groups is 1. The average Bonchev–Trinajstić information content (AvgIpc) is 2.41. The van der Waals surface area contributed by atoms with E-state index in [9.17, 15) is 4.79 Å². The maximum atomic E-state index is 11.6. The highest BCUT2D eigenvalue weighted by molar-refractivity contribution is 5.89. The molecule has 0 aliphatic heterocycles. The van der Waals surface area contributed by atoms with Crippen LogP contribution in [0.2, 0.25) is 0 Å². The SMILES string of the molecule is [O+]=C(ONCc1ccccc1)c1ccccc1. The summed E-state index contributed by atoms with van der Waals surface area (Å²) in [5.74, 6) is -0.374. The van der Waals surface area contributed by atoms with Gasteiger partial charge in [-0.05, 0) is 23.2 Å². The topological polar surface area (TPSA) is 41.2 Å². The molecule has 0 aromatic heterocycles. The summed E-state index contributed by atoms with van der Waals surface area (Å²) >= 11 is 0. The molecule has 85 valence electrons. The lowest BCUT2D eigenvalue weighted by atomic mass is 10.2. The van der Waals surface area contributed by atoms with Crippen LogP contribution >= 0.6 is 0 Å². The van der Waals surface area contributed by atoms with Gasteiger partial charge in [0.15, 0.2) is 0 Å². The molecule has 3 heteroatoms. The molecule has 1 radical (unpaired) electrons. The molecule has 0 fully saturated rings. The first-order chi connectivity index (χ1) is 8.36. The van der Waals surface area contributed by atoms with E-state index in [1.807, 2.05) is 36.4 Å². The monoisotopic (exact) mass is 227 g/mol. The molecule has 0 amide bonds. The van der Waals surface area contributed by atoms with Gasteiger partial charge in [-0.1, -0.05) is 48.5 Å². The zero-order valence-electron chi connectivity index (χ0n) is 9.30. The highest BCUT2D eigenvalue weighted by Gasteiger charge is 2.20. The molecule has 2 rings (SSSR count). The summed E-state index contributed by atoms with van der Waals surface area (Å²) in [4.78, 5) is 16.5. The first kappa shape index (κ1) is 11.4. The van der Waals surface area contributed by atoms with Gasteiger partial charge in [0.25, 0.3) is 0 Å². The molecule has 0 atom stereocenters. The molecule has 0 saturated carbocycles. The Labute approximate surface area is 100.0 Å². The van der Waals surface area contributed by atoms with Crippen LogP contribution in [0.4, 0.5) is 0 Å². The van der Waals surface area contributed by atoms with Crippen LogP contribution in [0, 0.1) is 0 Å². The Morgan fingerprint density at radius 2 is 1.53 bits per heavy atom. The number of rotatable bonds is 4. The normalized spacial score (nSPS) is 9.88. The van der Waals surface area contributed by atoms with Gasteiger partial charge < -0.3 is 0 Å². The van der Waals surface area contributed by atoms with Gasteiger partial charge in [0.1, 0.15) is 5.56 Å². The second kappa shape index (κ2) is 5.82. The van der Waals surface area contributed by atoms with Gasteiger partial charge in [-0.15, -0.1) is 0 Å². The summed E-state index contributed by atoms with van der Waals surface area (Å²) in [5.41, 5.74) is 4.25. The highest BCUT2D eigenvalue weighted by Crippen LogP contribution is 2.01. The Bertz CT molecular complexity index is 468. The lowest BCUT2D eigenvalue weighted by Gasteiger charge is -1.96. The van der Waals surface area contributed by atoms with Gasteiger partial charge in [0, 0.05) is 0 Å². The van der Waals surface area contributed by atoms with Gasteiger partial charge in [-0.2, -0.15) is 4.84 Å². The van der Waals surface area contributed by atoms with Crippen molar-refractivity contribution in [1.29, 1.82) is 0 Å². The second-order valence-corrected chi connectivity index (χ2v) is 3.56. The quantitative estimate of drug-likeness (QED) is 0.644. The predicted octanol–water partition coefficient (Wildman–Crippen LogP) is 2.55. The van der Waals surface area contributed by atoms with E-state index in [2.05, 4.69) is 5.48 Å². The van der Waals surface area contributed by atoms with Crippen molar-refractivity contribution < 1.29 is 9.63 Å². The minimum absolute atomic E-state index is 0.374. The van der Waals surface area contributed by atoms with Crippen LogP contribution in [0.5, 0.6) is 0 Å². The van der Waals surface area contributed by atoms with E-state index in [1.165, 1.54) is 0 Å². The second-order valence-electron chi connectivity index (χ2n) is 3.56. The van der Waals surface area contributed by atoms with E-state index in [4.69, 9.17) is 4.84 Å². The van der Waals surface area contributed by atoms with Crippen LogP contribution in [0.15, 0.2) is 60.7 Å². The summed E-state index contributed by atoms with van der Waals surface area (Å²) < 4.78 is 0. The molecule has 0 bridgehead atoms. The molecule has 1 N–H and O–H groups in total. The molecule has 0 aliphatic carbocycles. The fourth-order valence-corrected chi connectivity index (χ4v) is 1.41. The lowest BCUT2D eigenvalue weighted by Crippen LogP contribution is -2.19. The van der Waals surface area contributed by atoms with Crippen molar-refractivity contribution in [3.63, 3.8) is 0 Å². The Morgan fingerprint density at radius 1 is 0.941 bits per heavy atom. The molecule has 2 aromatic rings. The number of nitrogens with one attached hydrogen (secondary N) is 1. The van der Waals surface area contributed by atoms with E-state index in [1.54, 1.807) is 24.3 Å². The van der Waals surface area contributed by atoms with Crippen LogP contribution in [0.25, 0.3) is 0 Å². The molecule has 0 saturated heterocycles. The maximum absolute atomic E-state index is 11.6. The van der Waals surface area contributed by atoms with Crippen molar-refractivity contribution >= 4 is 5.97 Å². The van der Waals surface area contributed by atoms with Gasteiger partial charge >= 0.3 is 5.97 Å². The van der Waals surface area contributed by atoms with Crippen molar-refractivity contribution in [3.8, 4) is 0 Å². The third-order valence-electron chi connectivity index (χ3n) is 2.29. The molecule has 3 nitrogen and oxygen atoms in total. The van der Waals surface area contributed by atoms with E-state index >= 15 is 0 Å². The molecule has 17 heavy (non-hydrogen) atoms. The largest absolute Gasteiger partial charge is 0.630 e. The highest BCUT2D eigenvalue weighted by atomic mass is 16.7. The van der Waals surface area contributed by atoms with Crippen LogP contribution in [-0.2, 0) is 11.4 Å². The van der Waals surface area contributed by atoms with Crippen molar-refractivity contribution in [2.45, 2.75) is 6.54 Å². The number of benzene rings is 2. The van der Waals surface area contributed by atoms with Crippen LogP contribution < -0.4 is 5.48 Å². The number of carbonyl (C=O) groups excluding carboxylic acids is 1. The van der Waals surface area contributed by atoms with Crippen LogP contribution in [-0.4, -0.2) is 5.97 Å². The van der Waals surface area contributed by atoms with Crippen molar-refractivity contribution in [2.75, 3.05) is 0 Å². The first-order valence-corrected chi connectivity index (χ1v) is 5.39. The summed E-state index contributed by atoms with van der Waals surface area (Å²) in [6, 6.07) is 18.6. The van der Waals surface area contributed by atoms with Crippen LogP contribution in [0.1, 0.15) is 15.9 Å². The van der Waals surface area contributed by atoms with Gasteiger partial charge in [0.05, 0.1) is 11.3 Å². The predicted molar refractivity (Wildman–Crippen MR) is 65.1 cm³/mol. The fraction of sp³-hybridized carbons (Fsp3) is 0.0714. The van der Waals surface area contributed by atoms with Crippen molar-refractivity contribution in [3.05, 3.63) is 71.8 Å². The van der Waals surface area contributed by atoms with E-state index in [0.717, 1.165) is 5.56 Å². The third kappa shape index (κ3) is 3.43. The maximum Gasteiger partial charge on any atom is 0.630 e. The number of hydrogen-bond acceptors (Lipinski definition) is 3. The summed E-state index contributed by atoms with van der Waals surface area (Å²) in [7, 11) is 0. The summed E-state index contributed by atoms with van der Waals surface area (Å²) in [6.07, 6.45) is 0. The minimum Gasteiger partial charge on any atom is -0.195 e. The van der Waals surface area contributed by atoms with Crippen molar-refractivity contribution in [1.82, 2.24) is 5.48 Å². The fourth-order valence-electron chi connectivity index (χ4n) is 1.41. The summed E-state index contributed by atoms with van der Waals surface area (Å²) in [5, 5.41) is 0. The van der Waals surface area contributed by atoms with Crippen LogP contribution in [0.3, 0.4) is 0 Å². The zero-order chi connectivity index (χ0) is 11.9. The Balaban J connectivity index is 1.82.